The highest BCUT2D eigenvalue weighted by molar-refractivity contribution is 14.0. The molecule has 0 bridgehead atoms. The molecule has 2 N–H and O–H groups in total. The Hall–Kier alpha value is -1.95. The molecule has 1 fully saturated rings. The van der Waals surface area contributed by atoms with Crippen LogP contribution in [0.4, 0.5) is 4.79 Å². The number of nitrogens with one attached hydrogen (secondary N) is 1. The summed E-state index contributed by atoms with van der Waals surface area (Å²) in [5.41, 5.74) is 0.985. The summed E-state index contributed by atoms with van der Waals surface area (Å²) in [6.07, 6.45) is -0.260. The SMILES string of the molecule is CCNC(=NCc1ccc(OCCO)c(OC)c1)N1CCN(C(=O)OCC)CC1.I. The number of benzene rings is 1. The zero-order valence-corrected chi connectivity index (χ0v) is 20.3. The summed E-state index contributed by atoms with van der Waals surface area (Å²) in [6.45, 7) is 8.24. The molecule has 1 aromatic rings. The van der Waals surface area contributed by atoms with Crippen molar-refractivity contribution >= 4 is 36.0 Å². The molecule has 0 atom stereocenters. The number of piperazine rings is 1. The second-order valence-corrected chi connectivity index (χ2v) is 6.40. The number of nitrogens with zero attached hydrogens (tertiary/aromatic N) is 3. The maximum atomic E-state index is 11.9. The van der Waals surface area contributed by atoms with Crippen LogP contribution in [-0.4, -0.2) is 86.6 Å². The van der Waals surface area contributed by atoms with Crippen LogP contribution >= 0.6 is 24.0 Å². The van der Waals surface area contributed by atoms with Crippen molar-refractivity contribution in [3.05, 3.63) is 23.8 Å². The summed E-state index contributed by atoms with van der Waals surface area (Å²) in [5, 5.41) is 12.2. The second-order valence-electron chi connectivity index (χ2n) is 6.40. The number of carbonyl (C=O) groups excluding carboxylic acids is 1. The third-order valence-corrected chi connectivity index (χ3v) is 4.43. The smallest absolute Gasteiger partial charge is 0.409 e. The van der Waals surface area contributed by atoms with E-state index in [4.69, 9.17) is 24.3 Å². The molecule has 0 saturated carbocycles. The van der Waals surface area contributed by atoms with Crippen LogP contribution in [0.15, 0.2) is 23.2 Å². The van der Waals surface area contributed by atoms with Gasteiger partial charge in [-0.15, -0.1) is 24.0 Å². The van der Waals surface area contributed by atoms with E-state index in [1.165, 1.54) is 0 Å². The van der Waals surface area contributed by atoms with Gasteiger partial charge in [0.05, 0.1) is 26.9 Å². The van der Waals surface area contributed by atoms with E-state index in [-0.39, 0.29) is 43.3 Å². The fourth-order valence-corrected chi connectivity index (χ4v) is 2.99. The van der Waals surface area contributed by atoms with Crippen LogP contribution in [0.3, 0.4) is 0 Å². The molecule has 0 spiro atoms. The lowest BCUT2D eigenvalue weighted by Crippen LogP contribution is -2.53. The van der Waals surface area contributed by atoms with Gasteiger partial charge in [0.25, 0.3) is 0 Å². The second kappa shape index (κ2) is 14.1. The lowest BCUT2D eigenvalue weighted by Gasteiger charge is -2.35. The third kappa shape index (κ3) is 7.71. The van der Waals surface area contributed by atoms with E-state index in [0.717, 1.165) is 18.1 Å². The van der Waals surface area contributed by atoms with Crippen molar-refractivity contribution in [2.45, 2.75) is 20.4 Å². The van der Waals surface area contributed by atoms with E-state index in [0.29, 0.717) is 50.8 Å². The largest absolute Gasteiger partial charge is 0.493 e. The van der Waals surface area contributed by atoms with Gasteiger partial charge in [0.1, 0.15) is 6.61 Å². The fraction of sp³-hybridized carbons (Fsp3) is 0.600. The van der Waals surface area contributed by atoms with E-state index < -0.39 is 0 Å². The molecule has 1 amide bonds. The quantitative estimate of drug-likeness (QED) is 0.298. The Morgan fingerprint density at radius 3 is 2.47 bits per heavy atom. The average Bonchev–Trinajstić information content (AvgIpc) is 2.75. The van der Waals surface area contributed by atoms with Crippen molar-refractivity contribution < 1.29 is 24.1 Å². The number of halogens is 1. The van der Waals surface area contributed by atoms with Gasteiger partial charge in [-0.2, -0.15) is 0 Å². The van der Waals surface area contributed by atoms with Crippen molar-refractivity contribution in [2.24, 2.45) is 4.99 Å². The first-order valence-corrected chi connectivity index (χ1v) is 9.98. The molecule has 170 valence electrons. The number of hydrogen-bond acceptors (Lipinski definition) is 6. The molecular formula is C20H33IN4O5. The Balaban J connectivity index is 0.00000450. The Morgan fingerprint density at radius 2 is 1.87 bits per heavy atom. The molecule has 10 heteroatoms. The predicted molar refractivity (Wildman–Crippen MR) is 126 cm³/mol. The van der Waals surface area contributed by atoms with E-state index in [1.807, 2.05) is 32.0 Å². The van der Waals surface area contributed by atoms with Crippen LogP contribution in [0, 0.1) is 0 Å². The lowest BCUT2D eigenvalue weighted by molar-refractivity contribution is 0.0914. The van der Waals surface area contributed by atoms with E-state index in [2.05, 4.69) is 10.2 Å². The zero-order valence-electron chi connectivity index (χ0n) is 17.9. The van der Waals surface area contributed by atoms with E-state index in [1.54, 1.807) is 12.0 Å². The summed E-state index contributed by atoms with van der Waals surface area (Å²) >= 11 is 0. The molecular weight excluding hydrogens is 503 g/mol. The molecule has 1 aliphatic rings. The number of methoxy groups -OCH3 is 1. The average molecular weight is 536 g/mol. The molecule has 2 rings (SSSR count). The summed E-state index contributed by atoms with van der Waals surface area (Å²) in [6, 6.07) is 5.64. The van der Waals surface area contributed by atoms with Gasteiger partial charge in [0.2, 0.25) is 0 Å². The minimum atomic E-state index is -0.260. The van der Waals surface area contributed by atoms with Crippen molar-refractivity contribution in [1.29, 1.82) is 0 Å². The highest BCUT2D eigenvalue weighted by Gasteiger charge is 2.23. The molecule has 0 aromatic heterocycles. The van der Waals surface area contributed by atoms with Crippen molar-refractivity contribution in [1.82, 2.24) is 15.1 Å². The highest BCUT2D eigenvalue weighted by Crippen LogP contribution is 2.28. The van der Waals surface area contributed by atoms with Crippen LogP contribution in [0.1, 0.15) is 19.4 Å². The van der Waals surface area contributed by atoms with Gasteiger partial charge >= 0.3 is 6.09 Å². The lowest BCUT2D eigenvalue weighted by atomic mass is 10.2. The summed E-state index contributed by atoms with van der Waals surface area (Å²) in [5.74, 6) is 2.02. The van der Waals surface area contributed by atoms with Crippen molar-refractivity contribution in [2.75, 3.05) is 59.7 Å². The van der Waals surface area contributed by atoms with Crippen LogP contribution in [0.5, 0.6) is 11.5 Å². The van der Waals surface area contributed by atoms with Crippen LogP contribution in [0.25, 0.3) is 0 Å². The number of rotatable bonds is 8. The van der Waals surface area contributed by atoms with Gasteiger partial charge in [-0.25, -0.2) is 9.79 Å². The molecule has 0 radical (unpaired) electrons. The first-order valence-electron chi connectivity index (χ1n) is 9.98. The number of hydrogen-bond donors (Lipinski definition) is 2. The Morgan fingerprint density at radius 1 is 1.17 bits per heavy atom. The molecule has 0 aliphatic carbocycles. The van der Waals surface area contributed by atoms with Crippen molar-refractivity contribution in [3.8, 4) is 11.5 Å². The van der Waals surface area contributed by atoms with Crippen molar-refractivity contribution in [3.63, 3.8) is 0 Å². The summed E-state index contributed by atoms with van der Waals surface area (Å²) in [7, 11) is 1.58. The number of carbonyl (C=O) groups is 1. The molecule has 9 nitrogen and oxygen atoms in total. The molecule has 1 aliphatic heterocycles. The summed E-state index contributed by atoms with van der Waals surface area (Å²) < 4.78 is 15.9. The maximum Gasteiger partial charge on any atom is 0.409 e. The maximum absolute atomic E-state index is 11.9. The minimum Gasteiger partial charge on any atom is -0.493 e. The van der Waals surface area contributed by atoms with Gasteiger partial charge in [-0.1, -0.05) is 6.07 Å². The topological polar surface area (TPSA) is 95.9 Å². The number of aliphatic imine (C=N–C) groups is 1. The van der Waals surface area contributed by atoms with Gasteiger partial charge in [0.15, 0.2) is 17.5 Å². The Kier molecular flexibility index (Phi) is 12.3. The highest BCUT2D eigenvalue weighted by atomic mass is 127. The van der Waals surface area contributed by atoms with Crippen LogP contribution in [0.2, 0.25) is 0 Å². The van der Waals surface area contributed by atoms with Gasteiger partial charge < -0.3 is 34.4 Å². The van der Waals surface area contributed by atoms with Crippen LogP contribution in [-0.2, 0) is 11.3 Å². The Labute approximate surface area is 195 Å². The fourth-order valence-electron chi connectivity index (χ4n) is 2.99. The van der Waals surface area contributed by atoms with Crippen LogP contribution < -0.4 is 14.8 Å². The molecule has 1 saturated heterocycles. The number of aliphatic hydroxyl groups is 1. The van der Waals surface area contributed by atoms with Gasteiger partial charge in [-0.3, -0.25) is 0 Å². The molecule has 1 aromatic carbocycles. The normalized spacial score (nSPS) is 14.1. The third-order valence-electron chi connectivity index (χ3n) is 4.43. The number of ether oxygens (including phenoxy) is 3. The molecule has 1 heterocycles. The summed E-state index contributed by atoms with van der Waals surface area (Å²) in [4.78, 5) is 20.5. The number of amides is 1. The molecule has 0 unspecified atom stereocenters. The minimum absolute atomic E-state index is 0. The van der Waals surface area contributed by atoms with E-state index in [9.17, 15) is 4.79 Å². The van der Waals surface area contributed by atoms with Gasteiger partial charge in [-0.05, 0) is 31.5 Å². The predicted octanol–water partition coefficient (Wildman–Crippen LogP) is 1.92. The number of aliphatic hydroxyl groups excluding tert-OH is 1. The first kappa shape index (κ1) is 26.1. The standard InChI is InChI=1S/C20H32N4O5.HI/c1-4-21-19(23-8-10-24(11-9-23)20(26)28-5-2)22-15-16-6-7-17(29-13-12-25)18(14-16)27-3;/h6-7,14,25H,4-5,8-13,15H2,1-3H3,(H,21,22);1H. The zero-order chi connectivity index (χ0) is 21.1. The Bertz CT molecular complexity index is 681. The first-order chi connectivity index (χ1) is 14.1. The monoisotopic (exact) mass is 536 g/mol. The molecule has 30 heavy (non-hydrogen) atoms. The van der Waals surface area contributed by atoms with E-state index >= 15 is 0 Å². The van der Waals surface area contributed by atoms with Gasteiger partial charge in [0, 0.05) is 32.7 Å². The number of guanidine groups is 1.